The Morgan fingerprint density at radius 3 is 2.59 bits per heavy atom. The van der Waals surface area contributed by atoms with Gasteiger partial charge < -0.3 is 9.84 Å². The highest BCUT2D eigenvalue weighted by Gasteiger charge is 2.40. The van der Waals surface area contributed by atoms with Crippen LogP contribution in [0.5, 0.6) is 5.88 Å². The van der Waals surface area contributed by atoms with Crippen LogP contribution >= 0.6 is 22.9 Å². The van der Waals surface area contributed by atoms with E-state index in [1.165, 1.54) is 11.3 Å². The number of carbonyl (C=O) groups excluding carboxylic acids is 1. The Kier molecular flexibility index (Phi) is 7.76. The van der Waals surface area contributed by atoms with Gasteiger partial charge in [0.25, 0.3) is 0 Å². The Hall–Kier alpha value is -2.97. The summed E-state index contributed by atoms with van der Waals surface area (Å²) in [5.41, 5.74) is 3.39. The molecule has 1 amide bonds. The van der Waals surface area contributed by atoms with Gasteiger partial charge in [-0.2, -0.15) is 0 Å². The SMILES string of the molecule is COc1ccc(-c2ccc(Cl)cc2-c2csc(N(C(=O)[C@@H](CC(=O)O)CC3CCCC3)C3CC3)n2)cn1. The molecule has 0 saturated heterocycles. The number of carboxylic acids is 1. The number of pyridine rings is 1. The molecule has 2 fully saturated rings. The highest BCUT2D eigenvalue weighted by molar-refractivity contribution is 7.14. The first-order valence-corrected chi connectivity index (χ1v) is 14.0. The highest BCUT2D eigenvalue weighted by Crippen LogP contribution is 2.41. The topological polar surface area (TPSA) is 92.6 Å². The van der Waals surface area contributed by atoms with E-state index >= 15 is 0 Å². The van der Waals surface area contributed by atoms with Crippen molar-refractivity contribution in [3.63, 3.8) is 0 Å². The van der Waals surface area contributed by atoms with Crippen LogP contribution in [-0.2, 0) is 9.59 Å². The molecule has 9 heteroatoms. The van der Waals surface area contributed by atoms with E-state index in [-0.39, 0.29) is 18.4 Å². The standard InChI is InChI=1S/C28H30ClN3O4S/c1-36-25-11-6-18(15-30-25)22-10-7-20(29)14-23(22)24-16-37-28(31-24)32(21-8-9-21)27(35)19(13-26(33)34)12-17-4-2-3-5-17/h6-7,10-11,14-17,19,21H,2-5,8-9,12-13H2,1H3,(H,33,34)/t19-/m1/s1. The van der Waals surface area contributed by atoms with Gasteiger partial charge >= 0.3 is 5.97 Å². The fourth-order valence-corrected chi connectivity index (χ4v) is 6.30. The summed E-state index contributed by atoms with van der Waals surface area (Å²) in [4.78, 5) is 36.4. The molecular weight excluding hydrogens is 510 g/mol. The zero-order valence-corrected chi connectivity index (χ0v) is 22.3. The van der Waals surface area contributed by atoms with E-state index in [4.69, 9.17) is 21.3 Å². The number of carbonyl (C=O) groups is 2. The van der Waals surface area contributed by atoms with Crippen LogP contribution in [0.15, 0.2) is 41.9 Å². The van der Waals surface area contributed by atoms with Crippen molar-refractivity contribution in [2.45, 2.75) is 57.4 Å². The number of rotatable bonds is 10. The minimum absolute atomic E-state index is 0.0796. The van der Waals surface area contributed by atoms with Gasteiger partial charge in [-0.25, -0.2) is 9.97 Å². The van der Waals surface area contributed by atoms with Crippen LogP contribution < -0.4 is 9.64 Å². The zero-order chi connectivity index (χ0) is 25.9. The molecule has 0 unspecified atom stereocenters. The minimum atomic E-state index is -0.927. The Morgan fingerprint density at radius 2 is 1.95 bits per heavy atom. The maximum absolute atomic E-state index is 13.8. The lowest BCUT2D eigenvalue weighted by Gasteiger charge is -2.26. The van der Waals surface area contributed by atoms with Crippen LogP contribution in [0.1, 0.15) is 51.4 Å². The third kappa shape index (κ3) is 5.96. The molecule has 7 nitrogen and oxygen atoms in total. The first-order chi connectivity index (χ1) is 17.9. The van der Waals surface area contributed by atoms with Crippen LogP contribution in [0.2, 0.25) is 5.02 Å². The molecule has 3 aromatic rings. The number of benzene rings is 1. The molecule has 5 rings (SSSR count). The summed E-state index contributed by atoms with van der Waals surface area (Å²) in [7, 11) is 1.58. The Morgan fingerprint density at radius 1 is 1.16 bits per heavy atom. The molecule has 194 valence electrons. The van der Waals surface area contributed by atoms with Crippen molar-refractivity contribution in [2.24, 2.45) is 11.8 Å². The first-order valence-electron chi connectivity index (χ1n) is 12.7. The molecule has 37 heavy (non-hydrogen) atoms. The van der Waals surface area contributed by atoms with E-state index in [0.717, 1.165) is 60.9 Å². The van der Waals surface area contributed by atoms with Gasteiger partial charge in [0.2, 0.25) is 11.8 Å². The summed E-state index contributed by atoms with van der Waals surface area (Å²) in [6.45, 7) is 0. The molecule has 1 N–H and O–H groups in total. The van der Waals surface area contributed by atoms with Crippen LogP contribution in [0.4, 0.5) is 5.13 Å². The predicted octanol–water partition coefficient (Wildman–Crippen LogP) is 6.70. The maximum Gasteiger partial charge on any atom is 0.304 e. The highest BCUT2D eigenvalue weighted by atomic mass is 35.5. The van der Waals surface area contributed by atoms with Crippen LogP contribution in [0, 0.1) is 11.8 Å². The Bertz CT molecular complexity index is 1270. The van der Waals surface area contributed by atoms with Gasteiger partial charge in [0.1, 0.15) is 0 Å². The lowest BCUT2D eigenvalue weighted by molar-refractivity contribution is -0.141. The largest absolute Gasteiger partial charge is 0.481 e. The Balaban J connectivity index is 1.45. The van der Waals surface area contributed by atoms with Gasteiger partial charge in [-0.15, -0.1) is 11.3 Å². The summed E-state index contributed by atoms with van der Waals surface area (Å²) in [5.74, 6) is -0.608. The maximum atomic E-state index is 13.8. The zero-order valence-electron chi connectivity index (χ0n) is 20.7. The molecule has 0 radical (unpaired) electrons. The van der Waals surface area contributed by atoms with Gasteiger partial charge in [0.15, 0.2) is 5.13 Å². The normalized spacial score (nSPS) is 16.5. The summed E-state index contributed by atoms with van der Waals surface area (Å²) in [6.07, 6.45) is 8.53. The summed E-state index contributed by atoms with van der Waals surface area (Å²) in [6, 6.07) is 9.46. The minimum Gasteiger partial charge on any atom is -0.481 e. The van der Waals surface area contributed by atoms with E-state index in [2.05, 4.69) is 4.98 Å². The monoisotopic (exact) mass is 539 g/mol. The Labute approximate surface area is 225 Å². The van der Waals surface area contributed by atoms with Gasteiger partial charge in [-0.05, 0) is 48.9 Å². The number of aliphatic carboxylic acids is 1. The van der Waals surface area contributed by atoms with Crippen molar-refractivity contribution in [3.8, 4) is 28.3 Å². The number of methoxy groups -OCH3 is 1. The summed E-state index contributed by atoms with van der Waals surface area (Å²) >= 11 is 7.78. The molecule has 2 heterocycles. The fraction of sp³-hybridized carbons (Fsp3) is 0.429. The molecular formula is C28H30ClN3O4S. The number of aromatic nitrogens is 2. The third-order valence-electron chi connectivity index (χ3n) is 7.22. The molecule has 2 saturated carbocycles. The van der Waals surface area contributed by atoms with Crippen LogP contribution in [0.3, 0.4) is 0 Å². The first kappa shape index (κ1) is 25.7. The van der Waals surface area contributed by atoms with E-state index in [1.807, 2.05) is 29.6 Å². The second-order valence-corrected chi connectivity index (χ2v) is 11.2. The summed E-state index contributed by atoms with van der Waals surface area (Å²) in [5, 5.41) is 12.7. The number of carboxylic acid groups (broad SMARTS) is 1. The third-order valence-corrected chi connectivity index (χ3v) is 8.30. The van der Waals surface area contributed by atoms with E-state index in [9.17, 15) is 14.7 Å². The molecule has 1 aromatic carbocycles. The number of halogens is 1. The molecule has 0 bridgehead atoms. The molecule has 2 aliphatic carbocycles. The van der Waals surface area contributed by atoms with Crippen molar-refractivity contribution in [3.05, 3.63) is 46.9 Å². The number of anilines is 1. The number of hydrogen-bond acceptors (Lipinski definition) is 6. The quantitative estimate of drug-likeness (QED) is 0.308. The van der Waals surface area contributed by atoms with Crippen molar-refractivity contribution >= 4 is 39.9 Å². The summed E-state index contributed by atoms with van der Waals surface area (Å²) < 4.78 is 5.19. The van der Waals surface area contributed by atoms with E-state index < -0.39 is 11.9 Å². The lowest BCUT2D eigenvalue weighted by atomic mass is 9.90. The average molecular weight is 540 g/mol. The van der Waals surface area contributed by atoms with Crippen LogP contribution in [-0.4, -0.2) is 40.1 Å². The van der Waals surface area contributed by atoms with Gasteiger partial charge in [0.05, 0.1) is 19.2 Å². The number of ether oxygens (including phenoxy) is 1. The lowest BCUT2D eigenvalue weighted by Crippen LogP contribution is -2.39. The van der Waals surface area contributed by atoms with Crippen molar-refractivity contribution < 1.29 is 19.4 Å². The molecule has 0 spiro atoms. The fourth-order valence-electron chi connectivity index (χ4n) is 5.23. The van der Waals surface area contributed by atoms with Gasteiger partial charge in [-0.3, -0.25) is 14.5 Å². The second-order valence-electron chi connectivity index (χ2n) is 9.91. The van der Waals surface area contributed by atoms with Crippen molar-refractivity contribution in [1.29, 1.82) is 0 Å². The van der Waals surface area contributed by atoms with Gasteiger partial charge in [-0.1, -0.05) is 43.4 Å². The number of thiazole rings is 1. The molecule has 1 atom stereocenters. The second kappa shape index (κ2) is 11.2. The molecule has 2 aliphatic rings. The number of nitrogens with zero attached hydrogens (tertiary/aromatic N) is 3. The molecule has 2 aromatic heterocycles. The van der Waals surface area contributed by atoms with E-state index in [0.29, 0.717) is 28.4 Å². The van der Waals surface area contributed by atoms with Crippen LogP contribution in [0.25, 0.3) is 22.4 Å². The smallest absolute Gasteiger partial charge is 0.304 e. The molecule has 0 aliphatic heterocycles. The van der Waals surface area contributed by atoms with Crippen molar-refractivity contribution in [2.75, 3.05) is 12.0 Å². The predicted molar refractivity (Wildman–Crippen MR) is 145 cm³/mol. The van der Waals surface area contributed by atoms with Crippen molar-refractivity contribution in [1.82, 2.24) is 9.97 Å². The van der Waals surface area contributed by atoms with Gasteiger partial charge in [0, 0.05) is 45.8 Å². The van der Waals surface area contributed by atoms with E-state index in [1.54, 1.807) is 24.3 Å². The number of hydrogen-bond donors (Lipinski definition) is 1. The average Bonchev–Trinajstić information content (AvgIpc) is 3.36. The number of amides is 1.